The third-order valence-corrected chi connectivity index (χ3v) is 3.80. The van der Waals surface area contributed by atoms with E-state index in [0.29, 0.717) is 19.8 Å². The average Bonchev–Trinajstić information content (AvgIpc) is 2.74. The molecule has 19 heavy (non-hydrogen) atoms. The highest BCUT2D eigenvalue weighted by Gasteiger charge is 2.34. The number of likely N-dealkylation sites (tertiary alicyclic amines) is 1. The van der Waals surface area contributed by atoms with Gasteiger partial charge in [-0.05, 0) is 12.8 Å². The Morgan fingerprint density at radius 3 is 2.42 bits per heavy atom. The molecule has 1 atom stereocenters. The van der Waals surface area contributed by atoms with Crippen molar-refractivity contribution in [3.8, 4) is 0 Å². The molecule has 2 rings (SSSR count). The minimum Gasteiger partial charge on any atom is -0.377 e. The largest absolute Gasteiger partial charge is 0.377 e. The Morgan fingerprint density at radius 1 is 1.11 bits per heavy atom. The van der Waals surface area contributed by atoms with Crippen molar-refractivity contribution in [3.63, 3.8) is 0 Å². The molecule has 2 saturated heterocycles. The van der Waals surface area contributed by atoms with Crippen molar-refractivity contribution in [2.45, 2.75) is 31.7 Å². The molecular weight excluding hydrogens is 246 g/mol. The Labute approximate surface area is 114 Å². The summed E-state index contributed by atoms with van der Waals surface area (Å²) in [6, 6.07) is -0.506. The van der Waals surface area contributed by atoms with Gasteiger partial charge in [-0.2, -0.15) is 0 Å². The summed E-state index contributed by atoms with van der Waals surface area (Å²) in [4.78, 5) is 27.9. The van der Waals surface area contributed by atoms with Crippen LogP contribution in [-0.2, 0) is 9.53 Å². The zero-order valence-corrected chi connectivity index (χ0v) is 11.6. The van der Waals surface area contributed by atoms with Gasteiger partial charge in [0.1, 0.15) is 6.04 Å². The third kappa shape index (κ3) is 3.37. The first-order chi connectivity index (χ1) is 9.24. The molecule has 0 saturated carbocycles. The predicted octanol–water partition coefficient (Wildman–Crippen LogP) is 0.429. The molecular formula is C13H23N3O3. The SMILES string of the molecule is CNC(=O)C1COCCN1C(=O)N1CCCCCC1. The third-order valence-electron chi connectivity index (χ3n) is 3.80. The summed E-state index contributed by atoms with van der Waals surface area (Å²) in [7, 11) is 1.59. The molecule has 0 aromatic heterocycles. The van der Waals surface area contributed by atoms with Crippen molar-refractivity contribution >= 4 is 11.9 Å². The standard InChI is InChI=1S/C13H23N3O3/c1-14-12(17)11-10-19-9-8-16(11)13(18)15-6-4-2-3-5-7-15/h11H,2-10H2,1H3,(H,14,17). The fourth-order valence-electron chi connectivity index (χ4n) is 2.66. The first-order valence-corrected chi connectivity index (χ1v) is 7.09. The maximum atomic E-state index is 12.6. The highest BCUT2D eigenvalue weighted by atomic mass is 16.5. The first kappa shape index (κ1) is 14.1. The Bertz CT molecular complexity index is 327. The average molecular weight is 269 g/mol. The van der Waals surface area contributed by atoms with Gasteiger partial charge in [0.25, 0.3) is 0 Å². The fourth-order valence-corrected chi connectivity index (χ4v) is 2.66. The number of likely N-dealkylation sites (N-methyl/N-ethyl adjacent to an activating group) is 1. The van der Waals surface area contributed by atoms with Gasteiger partial charge in [0.2, 0.25) is 5.91 Å². The van der Waals surface area contributed by atoms with Crippen molar-refractivity contribution in [1.82, 2.24) is 15.1 Å². The number of ether oxygens (including phenoxy) is 1. The second kappa shape index (κ2) is 6.75. The molecule has 0 aromatic carbocycles. The zero-order valence-electron chi connectivity index (χ0n) is 11.6. The Balaban J connectivity index is 2.03. The number of amides is 3. The van der Waals surface area contributed by atoms with Gasteiger partial charge in [0.05, 0.1) is 13.2 Å². The molecule has 0 aliphatic carbocycles. The summed E-state index contributed by atoms with van der Waals surface area (Å²) in [5, 5.41) is 2.60. The van der Waals surface area contributed by atoms with Gasteiger partial charge >= 0.3 is 6.03 Å². The highest BCUT2D eigenvalue weighted by molar-refractivity contribution is 5.87. The molecule has 2 aliphatic heterocycles. The normalized spacial score (nSPS) is 24.8. The lowest BCUT2D eigenvalue weighted by molar-refractivity contribution is -0.130. The van der Waals surface area contributed by atoms with E-state index in [1.807, 2.05) is 4.90 Å². The smallest absolute Gasteiger partial charge is 0.320 e. The number of nitrogens with zero attached hydrogens (tertiary/aromatic N) is 2. The van der Waals surface area contributed by atoms with Crippen molar-refractivity contribution in [2.24, 2.45) is 0 Å². The van der Waals surface area contributed by atoms with E-state index in [1.54, 1.807) is 11.9 Å². The number of morpholine rings is 1. The summed E-state index contributed by atoms with van der Waals surface area (Å²) >= 11 is 0. The van der Waals surface area contributed by atoms with Crippen LogP contribution in [0.1, 0.15) is 25.7 Å². The molecule has 108 valence electrons. The Morgan fingerprint density at radius 2 is 1.79 bits per heavy atom. The maximum Gasteiger partial charge on any atom is 0.320 e. The first-order valence-electron chi connectivity index (χ1n) is 7.09. The molecule has 0 radical (unpaired) electrons. The second-order valence-corrected chi connectivity index (χ2v) is 5.08. The second-order valence-electron chi connectivity index (χ2n) is 5.08. The van der Waals surface area contributed by atoms with Crippen LogP contribution in [0.5, 0.6) is 0 Å². The quantitative estimate of drug-likeness (QED) is 0.751. The van der Waals surface area contributed by atoms with E-state index in [1.165, 1.54) is 12.8 Å². The molecule has 2 heterocycles. The minimum absolute atomic E-state index is 0.0150. The van der Waals surface area contributed by atoms with Crippen LogP contribution in [0.4, 0.5) is 4.79 Å². The number of hydrogen-bond acceptors (Lipinski definition) is 3. The van der Waals surface area contributed by atoms with Crippen LogP contribution in [0.15, 0.2) is 0 Å². The monoisotopic (exact) mass is 269 g/mol. The number of rotatable bonds is 1. The van der Waals surface area contributed by atoms with Gasteiger partial charge in [0.15, 0.2) is 0 Å². The van der Waals surface area contributed by atoms with E-state index < -0.39 is 6.04 Å². The van der Waals surface area contributed by atoms with E-state index in [9.17, 15) is 9.59 Å². The summed E-state index contributed by atoms with van der Waals surface area (Å²) in [6.07, 6.45) is 4.49. The van der Waals surface area contributed by atoms with Crippen LogP contribution in [0, 0.1) is 0 Å². The molecule has 0 bridgehead atoms. The topological polar surface area (TPSA) is 61.9 Å². The van der Waals surface area contributed by atoms with E-state index in [-0.39, 0.29) is 11.9 Å². The number of nitrogens with one attached hydrogen (secondary N) is 1. The summed E-state index contributed by atoms with van der Waals surface area (Å²) in [5.74, 6) is -0.150. The summed E-state index contributed by atoms with van der Waals surface area (Å²) in [5.41, 5.74) is 0. The van der Waals surface area contributed by atoms with Crippen molar-refractivity contribution in [2.75, 3.05) is 39.9 Å². The van der Waals surface area contributed by atoms with E-state index in [0.717, 1.165) is 25.9 Å². The van der Waals surface area contributed by atoms with Crippen LogP contribution < -0.4 is 5.32 Å². The van der Waals surface area contributed by atoms with Crippen LogP contribution in [0.3, 0.4) is 0 Å². The number of carbonyl (C=O) groups excluding carboxylic acids is 2. The van der Waals surface area contributed by atoms with Gasteiger partial charge < -0.3 is 19.9 Å². The van der Waals surface area contributed by atoms with E-state index in [4.69, 9.17) is 4.74 Å². The van der Waals surface area contributed by atoms with Gasteiger partial charge in [0, 0.05) is 26.7 Å². The molecule has 0 spiro atoms. The number of carbonyl (C=O) groups is 2. The minimum atomic E-state index is -0.491. The van der Waals surface area contributed by atoms with Crippen molar-refractivity contribution in [1.29, 1.82) is 0 Å². The predicted molar refractivity (Wildman–Crippen MR) is 70.8 cm³/mol. The van der Waals surface area contributed by atoms with Crippen molar-refractivity contribution < 1.29 is 14.3 Å². The highest BCUT2D eigenvalue weighted by Crippen LogP contribution is 2.15. The molecule has 2 aliphatic rings. The van der Waals surface area contributed by atoms with Gasteiger partial charge in [-0.3, -0.25) is 4.79 Å². The lowest BCUT2D eigenvalue weighted by atomic mass is 10.2. The van der Waals surface area contributed by atoms with Crippen molar-refractivity contribution in [3.05, 3.63) is 0 Å². The van der Waals surface area contributed by atoms with Gasteiger partial charge in [-0.25, -0.2) is 4.79 Å². The molecule has 0 aromatic rings. The lowest BCUT2D eigenvalue weighted by Crippen LogP contribution is -2.58. The van der Waals surface area contributed by atoms with Crippen LogP contribution in [0.2, 0.25) is 0 Å². The fraction of sp³-hybridized carbons (Fsp3) is 0.846. The molecule has 2 fully saturated rings. The van der Waals surface area contributed by atoms with Gasteiger partial charge in [-0.1, -0.05) is 12.8 Å². The van der Waals surface area contributed by atoms with Gasteiger partial charge in [-0.15, -0.1) is 0 Å². The van der Waals surface area contributed by atoms with E-state index >= 15 is 0 Å². The van der Waals surface area contributed by atoms with Crippen LogP contribution >= 0.6 is 0 Å². The zero-order chi connectivity index (χ0) is 13.7. The molecule has 1 N–H and O–H groups in total. The summed E-state index contributed by atoms with van der Waals surface area (Å²) < 4.78 is 5.32. The molecule has 6 nitrogen and oxygen atoms in total. The Kier molecular flexibility index (Phi) is 5.01. The molecule has 1 unspecified atom stereocenters. The molecule has 3 amide bonds. The van der Waals surface area contributed by atoms with Crippen LogP contribution in [-0.4, -0.2) is 67.7 Å². The van der Waals surface area contributed by atoms with Crippen LogP contribution in [0.25, 0.3) is 0 Å². The summed E-state index contributed by atoms with van der Waals surface area (Å²) in [6.45, 7) is 2.90. The van der Waals surface area contributed by atoms with E-state index in [2.05, 4.69) is 5.32 Å². The number of urea groups is 1. The number of hydrogen-bond donors (Lipinski definition) is 1. The lowest BCUT2D eigenvalue weighted by Gasteiger charge is -2.37. The molecule has 6 heteroatoms. The maximum absolute atomic E-state index is 12.6. The Hall–Kier alpha value is -1.30.